The number of alkyl halides is 1. The van der Waals surface area contributed by atoms with Crippen molar-refractivity contribution in [1.82, 2.24) is 0 Å². The van der Waals surface area contributed by atoms with Crippen LogP contribution in [0, 0.1) is 0 Å². The molecule has 0 amide bonds. The van der Waals surface area contributed by atoms with Gasteiger partial charge in [-0.15, -0.1) is 0 Å². The van der Waals surface area contributed by atoms with Crippen LogP contribution in [0.3, 0.4) is 0 Å². The molecule has 0 bridgehead atoms. The Labute approximate surface area is 151 Å². The van der Waals surface area contributed by atoms with Gasteiger partial charge in [0.15, 0.2) is 0 Å². The van der Waals surface area contributed by atoms with Gasteiger partial charge in [0.05, 0.1) is 0 Å². The third kappa shape index (κ3) is 3.35. The summed E-state index contributed by atoms with van der Waals surface area (Å²) in [4.78, 5) is 12.2. The molecule has 0 aromatic heterocycles. The molecule has 0 spiro atoms. The third-order valence-electron chi connectivity index (χ3n) is 3.92. The number of carbonyl (C=O) groups excluding carboxylic acids is 1. The third-order valence-corrected chi connectivity index (χ3v) is 15.5. The quantitative estimate of drug-likeness (QED) is 0.447. The van der Waals surface area contributed by atoms with E-state index in [-0.39, 0.29) is 11.8 Å². The fourth-order valence-corrected chi connectivity index (χ4v) is 13.9. The van der Waals surface area contributed by atoms with Crippen molar-refractivity contribution in [3.8, 4) is 0 Å². The van der Waals surface area contributed by atoms with Crippen molar-refractivity contribution in [2.75, 3.05) is 5.88 Å². The molecule has 3 aromatic carbocycles. The van der Waals surface area contributed by atoms with Crippen molar-refractivity contribution < 1.29 is 7.87 Å². The second-order valence-corrected chi connectivity index (χ2v) is 15.1. The van der Waals surface area contributed by atoms with E-state index in [0.717, 1.165) is 10.7 Å². The molecule has 0 radical (unpaired) electrons. The van der Waals surface area contributed by atoms with Gasteiger partial charge in [-0.25, -0.2) is 0 Å². The van der Waals surface area contributed by atoms with Gasteiger partial charge in [0.25, 0.3) is 0 Å². The van der Waals surface area contributed by atoms with Gasteiger partial charge in [0, 0.05) is 0 Å². The van der Waals surface area contributed by atoms with Gasteiger partial charge < -0.3 is 0 Å². The summed E-state index contributed by atoms with van der Waals surface area (Å²) in [6, 6.07) is 30.2. The van der Waals surface area contributed by atoms with Crippen LogP contribution >= 0.6 is 11.6 Å². The van der Waals surface area contributed by atoms with Crippen molar-refractivity contribution in [2.45, 2.75) is 0 Å². The predicted molar refractivity (Wildman–Crippen MR) is 101 cm³/mol. The van der Waals surface area contributed by atoms with Crippen LogP contribution in [-0.2, 0) is 7.87 Å². The fourth-order valence-electron chi connectivity index (χ4n) is 2.89. The van der Waals surface area contributed by atoms with Gasteiger partial charge in [-0.05, 0) is 0 Å². The Hall–Kier alpha value is -1.78. The second kappa shape index (κ2) is 7.86. The van der Waals surface area contributed by atoms with Crippen LogP contribution in [0.5, 0.6) is 0 Å². The first-order valence-corrected chi connectivity index (χ1v) is 13.7. The van der Waals surface area contributed by atoms with E-state index in [1.807, 2.05) is 54.6 Å². The SMILES string of the molecule is O=C(CCl)[O][Sn]([c]1ccccc1)([c]1ccccc1)[c]1ccccc1. The number of carbonyl (C=O) groups is 1. The molecule has 3 rings (SSSR count). The predicted octanol–water partition coefficient (Wildman–Crippen LogP) is 2.44. The summed E-state index contributed by atoms with van der Waals surface area (Å²) in [6.07, 6.45) is 0. The van der Waals surface area contributed by atoms with Crippen LogP contribution in [0.4, 0.5) is 0 Å². The molecule has 120 valence electrons. The van der Waals surface area contributed by atoms with Gasteiger partial charge >= 0.3 is 152 Å². The van der Waals surface area contributed by atoms with Gasteiger partial charge in [-0.3, -0.25) is 0 Å². The average Bonchev–Trinajstić information content (AvgIpc) is 2.68. The zero-order chi connectivity index (χ0) is 16.8. The summed E-state index contributed by atoms with van der Waals surface area (Å²) < 4.78 is 9.44. The van der Waals surface area contributed by atoms with E-state index in [2.05, 4.69) is 36.4 Å². The molecule has 0 heterocycles. The molecule has 4 heteroatoms. The van der Waals surface area contributed by atoms with E-state index in [0.29, 0.717) is 0 Å². The van der Waals surface area contributed by atoms with Crippen LogP contribution in [0.25, 0.3) is 0 Å². The van der Waals surface area contributed by atoms with Crippen molar-refractivity contribution >= 4 is 47.1 Å². The summed E-state index contributed by atoms with van der Waals surface area (Å²) in [5.41, 5.74) is 0. The summed E-state index contributed by atoms with van der Waals surface area (Å²) in [5.74, 6) is -0.519. The van der Waals surface area contributed by atoms with Crippen molar-refractivity contribution in [3.63, 3.8) is 0 Å². The first-order chi connectivity index (χ1) is 11.8. The van der Waals surface area contributed by atoms with Gasteiger partial charge in [-0.1, -0.05) is 0 Å². The van der Waals surface area contributed by atoms with Crippen LogP contribution < -0.4 is 10.7 Å². The molecule has 0 fully saturated rings. The van der Waals surface area contributed by atoms with E-state index in [9.17, 15) is 4.79 Å². The maximum atomic E-state index is 12.2. The number of rotatable bonds is 5. The van der Waals surface area contributed by atoms with Crippen LogP contribution in [0.2, 0.25) is 0 Å². The zero-order valence-corrected chi connectivity index (χ0v) is 16.7. The number of halogens is 1. The number of hydrogen-bond acceptors (Lipinski definition) is 2. The first kappa shape index (κ1) is 17.1. The molecule has 0 aliphatic rings. The molecule has 0 aliphatic carbocycles. The van der Waals surface area contributed by atoms with Crippen LogP contribution in [-0.4, -0.2) is 30.6 Å². The Morgan fingerprint density at radius 1 is 0.708 bits per heavy atom. The normalized spacial score (nSPS) is 11.0. The Morgan fingerprint density at radius 2 is 1.04 bits per heavy atom. The molecule has 0 aliphatic heterocycles. The minimum atomic E-state index is -3.92. The van der Waals surface area contributed by atoms with E-state index < -0.39 is 18.8 Å². The van der Waals surface area contributed by atoms with Crippen molar-refractivity contribution in [2.24, 2.45) is 0 Å². The standard InChI is InChI=1S/3C6H5.C2H3ClO2.Sn/c3*1-2-4-6-5-3-1;3-1-2(4)5;/h3*1-5H;1H2,(H,4,5);/q;;;;+1/p-1. The summed E-state index contributed by atoms with van der Waals surface area (Å²) in [6.45, 7) is 0. The van der Waals surface area contributed by atoms with Gasteiger partial charge in [0.1, 0.15) is 0 Å². The Balaban J connectivity index is 2.30. The second-order valence-electron chi connectivity index (χ2n) is 5.39. The van der Waals surface area contributed by atoms with Crippen molar-refractivity contribution in [3.05, 3.63) is 91.0 Å². The number of hydrogen-bond donors (Lipinski definition) is 0. The zero-order valence-electron chi connectivity index (χ0n) is 13.1. The average molecular weight is 444 g/mol. The summed E-state index contributed by atoms with van der Waals surface area (Å²) in [5, 5.41) is 0. The molecule has 2 nitrogen and oxygen atoms in total. The molecule has 0 unspecified atom stereocenters. The van der Waals surface area contributed by atoms with Gasteiger partial charge in [-0.2, -0.15) is 0 Å². The minimum absolute atomic E-state index is 0.148. The van der Waals surface area contributed by atoms with Crippen LogP contribution in [0.1, 0.15) is 0 Å². The molecule has 0 saturated heterocycles. The topological polar surface area (TPSA) is 26.3 Å². The van der Waals surface area contributed by atoms with E-state index >= 15 is 0 Å². The molecular formula is C20H17ClO2Sn. The molecule has 0 saturated carbocycles. The Morgan fingerprint density at radius 3 is 1.33 bits per heavy atom. The van der Waals surface area contributed by atoms with E-state index in [1.54, 1.807) is 0 Å². The monoisotopic (exact) mass is 444 g/mol. The number of benzene rings is 3. The molecule has 24 heavy (non-hydrogen) atoms. The summed E-state index contributed by atoms with van der Waals surface area (Å²) in [7, 11) is 0. The Kier molecular flexibility index (Phi) is 5.59. The maximum absolute atomic E-state index is 12.2. The van der Waals surface area contributed by atoms with Gasteiger partial charge in [0.2, 0.25) is 0 Å². The summed E-state index contributed by atoms with van der Waals surface area (Å²) >= 11 is 1.86. The van der Waals surface area contributed by atoms with E-state index in [4.69, 9.17) is 14.7 Å². The molecule has 0 atom stereocenters. The molecule has 0 N–H and O–H groups in total. The first-order valence-electron chi connectivity index (χ1n) is 7.72. The molecular weight excluding hydrogens is 426 g/mol. The van der Waals surface area contributed by atoms with Crippen LogP contribution in [0.15, 0.2) is 91.0 Å². The van der Waals surface area contributed by atoms with E-state index in [1.165, 1.54) is 0 Å². The van der Waals surface area contributed by atoms with Crippen molar-refractivity contribution in [1.29, 1.82) is 0 Å². The Bertz CT molecular complexity index is 695. The molecule has 3 aromatic rings. The fraction of sp³-hybridized carbons (Fsp3) is 0.0500.